The molecule has 0 bridgehead atoms. The van der Waals surface area contributed by atoms with E-state index in [9.17, 15) is 0 Å². The molecule has 1 saturated carbocycles. The minimum absolute atomic E-state index is 0.300. The summed E-state index contributed by atoms with van der Waals surface area (Å²) in [4.78, 5) is 8.76. The molecule has 100 valence electrons. The predicted molar refractivity (Wildman–Crippen MR) is 77.9 cm³/mol. The maximum atomic E-state index is 4.45. The minimum Gasteiger partial charge on any atom is -0.306 e. The third-order valence-corrected chi connectivity index (χ3v) is 4.83. The van der Waals surface area contributed by atoms with Gasteiger partial charge in [-0.1, -0.05) is 6.92 Å². The van der Waals surface area contributed by atoms with Crippen molar-refractivity contribution < 1.29 is 0 Å². The number of nitrogens with one attached hydrogen (secondary N) is 1. The van der Waals surface area contributed by atoms with E-state index in [2.05, 4.69) is 40.9 Å². The van der Waals surface area contributed by atoms with Crippen molar-refractivity contribution in [2.24, 2.45) is 0 Å². The van der Waals surface area contributed by atoms with Crippen molar-refractivity contribution in [1.29, 1.82) is 0 Å². The number of hydrogen-bond donors (Lipinski definition) is 1. The molecule has 0 aliphatic heterocycles. The molecule has 1 aromatic heterocycles. The van der Waals surface area contributed by atoms with Crippen molar-refractivity contribution in [3.05, 3.63) is 23.8 Å². The van der Waals surface area contributed by atoms with Crippen molar-refractivity contribution in [3.8, 4) is 0 Å². The van der Waals surface area contributed by atoms with Crippen molar-refractivity contribution in [3.63, 3.8) is 0 Å². The lowest BCUT2D eigenvalue weighted by Crippen LogP contribution is -2.30. The van der Waals surface area contributed by atoms with E-state index in [4.69, 9.17) is 0 Å². The molecule has 0 spiro atoms. The second kappa shape index (κ2) is 6.53. The van der Waals surface area contributed by atoms with Crippen LogP contribution in [-0.2, 0) is 0 Å². The van der Waals surface area contributed by atoms with Gasteiger partial charge in [0.15, 0.2) is 0 Å². The van der Waals surface area contributed by atoms with Crippen molar-refractivity contribution in [2.75, 3.05) is 5.75 Å². The van der Waals surface area contributed by atoms with Crippen LogP contribution < -0.4 is 5.32 Å². The highest BCUT2D eigenvalue weighted by molar-refractivity contribution is 7.99. The van der Waals surface area contributed by atoms with Gasteiger partial charge in [-0.2, -0.15) is 11.8 Å². The first-order chi connectivity index (χ1) is 8.70. The zero-order chi connectivity index (χ0) is 13.0. The summed E-state index contributed by atoms with van der Waals surface area (Å²) in [7, 11) is 0. The number of aryl methyl sites for hydroxylation is 1. The first-order valence-electron chi connectivity index (χ1n) is 6.85. The van der Waals surface area contributed by atoms with E-state index in [-0.39, 0.29) is 0 Å². The molecule has 0 unspecified atom stereocenters. The van der Waals surface area contributed by atoms with E-state index in [1.54, 1.807) is 12.4 Å². The Kier molecular flexibility index (Phi) is 5.01. The Balaban J connectivity index is 1.89. The molecule has 1 heterocycles. The Hall–Kier alpha value is -0.610. The monoisotopic (exact) mass is 265 g/mol. The van der Waals surface area contributed by atoms with Crippen molar-refractivity contribution in [2.45, 2.75) is 57.4 Å². The second-order valence-corrected chi connectivity index (χ2v) is 6.58. The Bertz CT molecular complexity index is 383. The minimum atomic E-state index is 0.300. The fraction of sp³-hybridized carbons (Fsp3) is 0.714. The summed E-state index contributed by atoms with van der Waals surface area (Å²) in [6.45, 7) is 6.47. The normalized spacial score (nSPS) is 25.3. The number of thioether (sulfide) groups is 1. The Morgan fingerprint density at radius 1 is 1.39 bits per heavy atom. The number of nitrogens with zero attached hydrogens (tertiary/aromatic N) is 2. The van der Waals surface area contributed by atoms with Gasteiger partial charge in [-0.05, 0) is 38.9 Å². The molecule has 1 aromatic rings. The highest BCUT2D eigenvalue weighted by atomic mass is 32.2. The standard InChI is InChI=1S/C14H23N3S/c1-4-18-13-6-5-12(9-13)17-11(3)14-10(2)15-7-8-16-14/h7-8,11-13,17H,4-6,9H2,1-3H3/t11-,12-,13-/m1/s1. The third-order valence-electron chi connectivity index (χ3n) is 3.60. The molecule has 4 heteroatoms. The van der Waals surface area contributed by atoms with Gasteiger partial charge in [0.1, 0.15) is 0 Å². The van der Waals surface area contributed by atoms with Gasteiger partial charge in [-0.3, -0.25) is 9.97 Å². The average Bonchev–Trinajstić information content (AvgIpc) is 2.77. The fourth-order valence-electron chi connectivity index (χ4n) is 2.75. The summed E-state index contributed by atoms with van der Waals surface area (Å²) in [5, 5.41) is 4.56. The van der Waals surface area contributed by atoms with Gasteiger partial charge >= 0.3 is 0 Å². The molecule has 1 aliphatic rings. The molecule has 3 atom stereocenters. The van der Waals surface area contributed by atoms with Gasteiger partial charge in [-0.15, -0.1) is 0 Å². The zero-order valence-electron chi connectivity index (χ0n) is 11.5. The number of aromatic nitrogens is 2. The van der Waals surface area contributed by atoms with Crippen LogP contribution in [0.4, 0.5) is 0 Å². The molecule has 0 radical (unpaired) electrons. The summed E-state index contributed by atoms with van der Waals surface area (Å²) in [6, 6.07) is 0.944. The summed E-state index contributed by atoms with van der Waals surface area (Å²) < 4.78 is 0. The maximum Gasteiger partial charge on any atom is 0.0782 e. The molecular formula is C14H23N3S. The summed E-state index contributed by atoms with van der Waals surface area (Å²) in [6.07, 6.45) is 7.48. The summed E-state index contributed by atoms with van der Waals surface area (Å²) in [5.74, 6) is 1.23. The Morgan fingerprint density at radius 3 is 2.89 bits per heavy atom. The number of rotatable bonds is 5. The molecule has 1 N–H and O–H groups in total. The number of hydrogen-bond acceptors (Lipinski definition) is 4. The van der Waals surface area contributed by atoms with Crippen LogP contribution in [0.15, 0.2) is 12.4 Å². The Labute approximate surface area is 114 Å². The van der Waals surface area contributed by atoms with E-state index >= 15 is 0 Å². The van der Waals surface area contributed by atoms with E-state index in [0.717, 1.165) is 16.6 Å². The molecule has 0 saturated heterocycles. The molecular weight excluding hydrogens is 242 g/mol. The van der Waals surface area contributed by atoms with Gasteiger partial charge in [0, 0.05) is 29.7 Å². The van der Waals surface area contributed by atoms with Gasteiger partial charge in [0.05, 0.1) is 11.4 Å². The van der Waals surface area contributed by atoms with Crippen LogP contribution in [0.1, 0.15) is 50.5 Å². The van der Waals surface area contributed by atoms with Gasteiger partial charge in [0.25, 0.3) is 0 Å². The lowest BCUT2D eigenvalue weighted by Gasteiger charge is -2.20. The molecule has 18 heavy (non-hydrogen) atoms. The van der Waals surface area contributed by atoms with E-state index in [1.807, 2.05) is 6.92 Å². The van der Waals surface area contributed by atoms with Gasteiger partial charge in [-0.25, -0.2) is 0 Å². The predicted octanol–water partition coefficient (Wildman–Crippen LogP) is 3.11. The highest BCUT2D eigenvalue weighted by Crippen LogP contribution is 2.30. The SMILES string of the molecule is CCS[C@@H]1CC[C@@H](N[C@H](C)c2nccnc2C)C1. The van der Waals surface area contributed by atoms with Crippen LogP contribution in [0, 0.1) is 6.92 Å². The quantitative estimate of drug-likeness (QED) is 0.887. The van der Waals surface area contributed by atoms with Gasteiger partial charge < -0.3 is 5.32 Å². The van der Waals surface area contributed by atoms with Crippen LogP contribution in [0.2, 0.25) is 0 Å². The topological polar surface area (TPSA) is 37.8 Å². The molecule has 2 rings (SSSR count). The molecule has 1 aliphatic carbocycles. The molecule has 3 nitrogen and oxygen atoms in total. The summed E-state index contributed by atoms with van der Waals surface area (Å²) in [5.41, 5.74) is 2.12. The van der Waals surface area contributed by atoms with Crippen LogP contribution in [0.25, 0.3) is 0 Å². The smallest absolute Gasteiger partial charge is 0.0782 e. The maximum absolute atomic E-state index is 4.45. The van der Waals surface area contributed by atoms with Crippen LogP contribution in [0.3, 0.4) is 0 Å². The van der Waals surface area contributed by atoms with Crippen LogP contribution in [-0.4, -0.2) is 27.0 Å². The van der Waals surface area contributed by atoms with Gasteiger partial charge in [0.2, 0.25) is 0 Å². The van der Waals surface area contributed by atoms with E-state index < -0.39 is 0 Å². The van der Waals surface area contributed by atoms with Crippen LogP contribution >= 0.6 is 11.8 Å². The molecule has 1 fully saturated rings. The lowest BCUT2D eigenvalue weighted by atomic mass is 10.1. The van der Waals surface area contributed by atoms with Crippen LogP contribution in [0.5, 0.6) is 0 Å². The Morgan fingerprint density at radius 2 is 2.17 bits per heavy atom. The first kappa shape index (κ1) is 13.8. The van der Waals surface area contributed by atoms with E-state index in [0.29, 0.717) is 12.1 Å². The first-order valence-corrected chi connectivity index (χ1v) is 7.90. The average molecular weight is 265 g/mol. The van der Waals surface area contributed by atoms with Crippen molar-refractivity contribution >= 4 is 11.8 Å². The fourth-order valence-corrected chi connectivity index (χ4v) is 3.90. The molecule has 0 amide bonds. The third kappa shape index (κ3) is 3.45. The summed E-state index contributed by atoms with van der Waals surface area (Å²) >= 11 is 2.10. The van der Waals surface area contributed by atoms with Crippen molar-refractivity contribution in [1.82, 2.24) is 15.3 Å². The zero-order valence-corrected chi connectivity index (χ0v) is 12.3. The molecule has 0 aromatic carbocycles. The lowest BCUT2D eigenvalue weighted by molar-refractivity contribution is 0.453. The van der Waals surface area contributed by atoms with E-state index in [1.165, 1.54) is 25.0 Å². The second-order valence-electron chi connectivity index (χ2n) is 5.00. The largest absolute Gasteiger partial charge is 0.306 e. The highest BCUT2D eigenvalue weighted by Gasteiger charge is 2.26.